The molecule has 0 aliphatic heterocycles. The van der Waals surface area contributed by atoms with E-state index in [-0.39, 0.29) is 0 Å². The smallest absolute Gasteiger partial charge is 0.160 e. The molecule has 0 spiro atoms. The minimum absolute atomic E-state index is 0.719. The van der Waals surface area contributed by atoms with Crippen LogP contribution in [-0.4, -0.2) is 29.9 Å². The van der Waals surface area contributed by atoms with E-state index in [0.29, 0.717) is 0 Å². The second kappa shape index (κ2) is 26.7. The van der Waals surface area contributed by atoms with Crippen molar-refractivity contribution in [1.82, 2.24) is 29.9 Å². The Kier molecular flexibility index (Phi) is 15.7. The van der Waals surface area contributed by atoms with Crippen LogP contribution in [0.25, 0.3) is 200 Å². The Morgan fingerprint density at radius 3 is 1.05 bits per heavy atom. The van der Waals surface area contributed by atoms with Crippen LogP contribution in [0.1, 0.15) is 0 Å². The summed E-state index contributed by atoms with van der Waals surface area (Å²) in [6, 6.07) is 122. The minimum atomic E-state index is 0.719. The zero-order valence-electron chi connectivity index (χ0n) is 56.5. The molecule has 0 saturated carbocycles. The van der Waals surface area contributed by atoms with Gasteiger partial charge in [-0.15, -0.1) is 0 Å². The summed E-state index contributed by atoms with van der Waals surface area (Å²) in [5.74, 6) is 1.44. The van der Waals surface area contributed by atoms with Crippen LogP contribution in [-0.2, 0) is 0 Å². The summed E-state index contributed by atoms with van der Waals surface area (Å²) in [6.45, 7) is 0. The Hall–Kier alpha value is -14.3. The average molecular weight is 1350 g/mol. The summed E-state index contributed by atoms with van der Waals surface area (Å²) >= 11 is 0. The van der Waals surface area contributed by atoms with E-state index in [4.69, 9.17) is 38.2 Å². The van der Waals surface area contributed by atoms with E-state index in [1.54, 1.807) is 0 Å². The molecule has 7 heterocycles. The van der Waals surface area contributed by atoms with Crippen LogP contribution < -0.4 is 0 Å². The summed E-state index contributed by atoms with van der Waals surface area (Å²) in [5.41, 5.74) is 24.6. The van der Waals surface area contributed by atoms with Gasteiger partial charge < -0.3 is 13.3 Å². The number of benzene rings is 14. The zero-order valence-corrected chi connectivity index (χ0v) is 56.5. The van der Waals surface area contributed by atoms with Gasteiger partial charge in [0.1, 0.15) is 33.5 Å². The minimum Gasteiger partial charge on any atom is -0.455 e. The number of nitrogens with zero attached hydrogens (tertiary/aromatic N) is 6. The molecule has 0 aliphatic rings. The van der Waals surface area contributed by atoms with Crippen LogP contribution >= 0.6 is 0 Å². The van der Waals surface area contributed by atoms with Gasteiger partial charge in [0, 0.05) is 105 Å². The molecule has 9 heteroatoms. The zero-order chi connectivity index (χ0) is 69.6. The highest BCUT2D eigenvalue weighted by molar-refractivity contribution is 6.13. The van der Waals surface area contributed by atoms with E-state index in [9.17, 15) is 0 Å². The summed E-state index contributed by atoms with van der Waals surface area (Å²) in [4.78, 5) is 29.6. The van der Waals surface area contributed by atoms with Gasteiger partial charge in [-0.05, 0) is 77.4 Å². The molecule has 0 fully saturated rings. The van der Waals surface area contributed by atoms with Crippen LogP contribution in [0.15, 0.2) is 377 Å². The third-order valence-electron chi connectivity index (χ3n) is 19.5. The summed E-state index contributed by atoms with van der Waals surface area (Å²) in [5, 5.41) is 9.87. The van der Waals surface area contributed by atoms with Crippen molar-refractivity contribution in [1.29, 1.82) is 0 Å². The first kappa shape index (κ1) is 61.8. The SMILES string of the molecule is c1ccc(-c2nc(-c3ccc(-c4cccc5c4oc4ccccc45)cc3)cc3ncccc23)cc1.c1ccc(-c2nc(-c3ccccc3)c3cc(-c4cccc5c4oc4ccccc45)ccc3n2)cc1.c1ccc(-c2nc(-c3ccccc3)c3ccc(-c4cccc5c4oc4ccccc45)cc3n2)cc1. The Bertz CT molecular complexity index is 6820. The van der Waals surface area contributed by atoms with Gasteiger partial charge >= 0.3 is 0 Å². The molecule has 105 heavy (non-hydrogen) atoms. The highest BCUT2D eigenvalue weighted by Gasteiger charge is 2.20. The molecule has 0 atom stereocenters. The molecule has 0 aliphatic carbocycles. The van der Waals surface area contributed by atoms with E-state index in [1.165, 1.54) is 0 Å². The molecule has 21 aromatic rings. The van der Waals surface area contributed by atoms with Gasteiger partial charge in [0.2, 0.25) is 0 Å². The lowest BCUT2D eigenvalue weighted by atomic mass is 9.98. The Morgan fingerprint density at radius 2 is 0.552 bits per heavy atom. The molecule has 0 N–H and O–H groups in total. The van der Waals surface area contributed by atoms with Crippen molar-refractivity contribution in [2.24, 2.45) is 0 Å². The molecule has 0 amide bonds. The third-order valence-corrected chi connectivity index (χ3v) is 19.5. The maximum Gasteiger partial charge on any atom is 0.160 e. The maximum absolute atomic E-state index is 6.31. The van der Waals surface area contributed by atoms with Crippen molar-refractivity contribution < 1.29 is 13.3 Å². The van der Waals surface area contributed by atoms with Crippen molar-refractivity contribution in [3.05, 3.63) is 364 Å². The highest BCUT2D eigenvalue weighted by atomic mass is 16.3. The molecule has 492 valence electrons. The molecule has 0 unspecified atom stereocenters. The summed E-state index contributed by atoms with van der Waals surface area (Å²) in [6.07, 6.45) is 1.83. The Labute approximate surface area is 603 Å². The van der Waals surface area contributed by atoms with E-state index in [2.05, 4.69) is 199 Å². The maximum atomic E-state index is 6.31. The van der Waals surface area contributed by atoms with Crippen molar-refractivity contribution in [2.45, 2.75) is 0 Å². The van der Waals surface area contributed by atoms with Gasteiger partial charge in [-0.2, -0.15) is 0 Å². The van der Waals surface area contributed by atoms with E-state index in [0.717, 1.165) is 200 Å². The Balaban J connectivity index is 0.000000108. The lowest BCUT2D eigenvalue weighted by Crippen LogP contribution is -1.95. The van der Waals surface area contributed by atoms with E-state index < -0.39 is 0 Å². The van der Waals surface area contributed by atoms with Crippen molar-refractivity contribution in [2.75, 3.05) is 0 Å². The van der Waals surface area contributed by atoms with Crippen molar-refractivity contribution in [3.63, 3.8) is 0 Å². The van der Waals surface area contributed by atoms with Crippen LogP contribution in [0.4, 0.5) is 0 Å². The first-order valence-corrected chi connectivity index (χ1v) is 35.0. The molecule has 14 aromatic carbocycles. The predicted octanol–water partition coefficient (Wildman–Crippen LogP) is 25.6. The molecular formula is C96H60N6O3. The lowest BCUT2D eigenvalue weighted by molar-refractivity contribution is 0.669. The van der Waals surface area contributed by atoms with Gasteiger partial charge in [0.15, 0.2) is 11.6 Å². The Morgan fingerprint density at radius 1 is 0.190 bits per heavy atom. The van der Waals surface area contributed by atoms with Crippen LogP contribution in [0.2, 0.25) is 0 Å². The van der Waals surface area contributed by atoms with Gasteiger partial charge in [-0.3, -0.25) is 4.98 Å². The fourth-order valence-electron chi connectivity index (χ4n) is 14.4. The molecule has 21 rings (SSSR count). The van der Waals surface area contributed by atoms with Gasteiger partial charge in [-0.1, -0.05) is 297 Å². The van der Waals surface area contributed by atoms with Crippen molar-refractivity contribution in [3.8, 4) is 101 Å². The normalized spacial score (nSPS) is 11.4. The number of fused-ring (bicyclic) bond motifs is 12. The number of para-hydroxylation sites is 6. The fraction of sp³-hybridized carbons (Fsp3) is 0. The first-order chi connectivity index (χ1) is 52.0. The van der Waals surface area contributed by atoms with E-state index in [1.807, 2.05) is 170 Å². The third kappa shape index (κ3) is 11.6. The highest BCUT2D eigenvalue weighted by Crippen LogP contribution is 2.42. The largest absolute Gasteiger partial charge is 0.455 e. The second-order valence-electron chi connectivity index (χ2n) is 25.9. The van der Waals surface area contributed by atoms with Crippen LogP contribution in [0, 0.1) is 0 Å². The summed E-state index contributed by atoms with van der Waals surface area (Å²) in [7, 11) is 0. The average Bonchev–Trinajstić information content (AvgIpc) is 1.73. The molecule has 9 nitrogen and oxygen atoms in total. The second-order valence-corrected chi connectivity index (χ2v) is 25.9. The number of aromatic nitrogens is 6. The molecular weight excluding hydrogens is 1290 g/mol. The van der Waals surface area contributed by atoms with Crippen LogP contribution in [0.3, 0.4) is 0 Å². The predicted molar refractivity (Wildman–Crippen MR) is 429 cm³/mol. The number of hydrogen-bond donors (Lipinski definition) is 0. The molecule has 0 saturated heterocycles. The summed E-state index contributed by atoms with van der Waals surface area (Å²) < 4.78 is 18.9. The quantitative estimate of drug-likeness (QED) is 0.139. The number of furan rings is 3. The molecule has 0 bridgehead atoms. The molecule has 0 radical (unpaired) electrons. The van der Waals surface area contributed by atoms with Gasteiger partial charge in [-0.25, -0.2) is 24.9 Å². The fourth-order valence-corrected chi connectivity index (χ4v) is 14.4. The van der Waals surface area contributed by atoms with Gasteiger partial charge in [0.25, 0.3) is 0 Å². The number of rotatable bonds is 9. The number of hydrogen-bond acceptors (Lipinski definition) is 9. The van der Waals surface area contributed by atoms with E-state index >= 15 is 0 Å². The first-order valence-electron chi connectivity index (χ1n) is 35.0. The topological polar surface area (TPSA) is 117 Å². The lowest BCUT2D eigenvalue weighted by Gasteiger charge is -2.11. The van der Waals surface area contributed by atoms with Crippen LogP contribution in [0.5, 0.6) is 0 Å². The van der Waals surface area contributed by atoms with Gasteiger partial charge in [0.05, 0.1) is 39.3 Å². The monoisotopic (exact) mass is 1340 g/mol. The molecule has 7 aromatic heterocycles. The number of pyridine rings is 2. The standard InChI is InChI=1S/3C32H20N2O/c1-3-10-21(11-4-1)30-27-20-23(18-19-28(27)33-32(34-30)22-12-5-2-6-13-22)24-15-9-16-26-25-14-7-8-17-29(25)35-31(24)26;1-3-10-21(11-4-1)30-27-19-18-23(20-28(27)33-32(34-30)22-12-5-2-6-13-22)24-15-9-16-26-25-14-7-8-17-29(25)35-31(24)26;1-2-8-23(9-3-1)31-27-13-7-19-33-29(27)20-28(34-31)22-17-15-21(16-18-22)24-11-6-12-26-25-10-4-5-14-30(25)35-32(24)26/h3*1-20H. The van der Waals surface area contributed by atoms with Crippen molar-refractivity contribution >= 4 is 98.5 Å².